The molecular weight excluding hydrogens is 316 g/mol. The lowest BCUT2D eigenvalue weighted by Gasteiger charge is -2.16. The lowest BCUT2D eigenvalue weighted by molar-refractivity contribution is 0.678. The summed E-state index contributed by atoms with van der Waals surface area (Å²) in [7, 11) is 0. The van der Waals surface area contributed by atoms with Crippen LogP contribution in [0.2, 0.25) is 0 Å². The number of benzene rings is 1. The second kappa shape index (κ2) is 6.87. The Morgan fingerprint density at radius 2 is 1.96 bits per heavy atom. The van der Waals surface area contributed by atoms with E-state index < -0.39 is 0 Å². The van der Waals surface area contributed by atoms with Crippen molar-refractivity contribution in [3.63, 3.8) is 0 Å². The normalized spacial score (nSPS) is 14.6. The Morgan fingerprint density at radius 3 is 2.83 bits per heavy atom. The number of nitrogens with one attached hydrogen (secondary N) is 1. The number of nitrogens with zero attached hydrogens (tertiary/aromatic N) is 3. The zero-order valence-electron chi connectivity index (χ0n) is 14.0. The van der Waals surface area contributed by atoms with Gasteiger partial charge in [0.2, 0.25) is 5.95 Å². The molecule has 0 radical (unpaired) electrons. The Balaban J connectivity index is 1.44. The molecule has 0 amide bonds. The molecule has 24 heavy (non-hydrogen) atoms. The summed E-state index contributed by atoms with van der Waals surface area (Å²) in [5.41, 5.74) is 3.48. The second-order valence-corrected chi connectivity index (χ2v) is 7.27. The number of thiophene rings is 1. The van der Waals surface area contributed by atoms with Gasteiger partial charge in [-0.25, -0.2) is 9.97 Å². The van der Waals surface area contributed by atoms with Crippen molar-refractivity contribution in [1.82, 2.24) is 15.3 Å². The summed E-state index contributed by atoms with van der Waals surface area (Å²) in [5, 5.41) is 7.14. The molecule has 3 heterocycles. The average molecular weight is 338 g/mol. The van der Waals surface area contributed by atoms with Crippen LogP contribution < -0.4 is 10.2 Å². The standard InChI is InChI=1S/C19H22N4S/c1-14-10-16(22-19(21-14)23-8-4-5-9-23)12-20-11-15-13-24-18-7-3-2-6-17(15)18/h2-3,6-7,10,13,20H,4-5,8-9,11-12H2,1H3. The molecule has 3 aromatic rings. The Bertz CT molecular complexity index is 836. The van der Waals surface area contributed by atoms with Gasteiger partial charge in [0.1, 0.15) is 0 Å². The maximum atomic E-state index is 4.75. The first kappa shape index (κ1) is 15.5. The summed E-state index contributed by atoms with van der Waals surface area (Å²) in [6.07, 6.45) is 2.49. The Labute approximate surface area is 146 Å². The van der Waals surface area contributed by atoms with Crippen LogP contribution in [0.5, 0.6) is 0 Å². The van der Waals surface area contributed by atoms with E-state index in [9.17, 15) is 0 Å². The molecule has 2 aromatic heterocycles. The topological polar surface area (TPSA) is 41.1 Å². The average Bonchev–Trinajstić information content (AvgIpc) is 3.24. The van der Waals surface area contributed by atoms with Gasteiger partial charge in [-0.05, 0) is 48.2 Å². The summed E-state index contributed by atoms with van der Waals surface area (Å²) in [6, 6.07) is 10.7. The molecule has 0 unspecified atom stereocenters. The van der Waals surface area contributed by atoms with Gasteiger partial charge < -0.3 is 10.2 Å². The monoisotopic (exact) mass is 338 g/mol. The molecule has 0 atom stereocenters. The third-order valence-electron chi connectivity index (χ3n) is 4.47. The molecule has 1 aliphatic heterocycles. The summed E-state index contributed by atoms with van der Waals surface area (Å²) in [6.45, 7) is 5.85. The van der Waals surface area contributed by atoms with Gasteiger partial charge in [0.05, 0.1) is 5.69 Å². The van der Waals surface area contributed by atoms with Crippen LogP contribution in [0.4, 0.5) is 5.95 Å². The van der Waals surface area contributed by atoms with Crippen molar-refractivity contribution in [3.05, 3.63) is 52.7 Å². The Morgan fingerprint density at radius 1 is 1.12 bits per heavy atom. The maximum Gasteiger partial charge on any atom is 0.225 e. The maximum absolute atomic E-state index is 4.75. The van der Waals surface area contributed by atoms with Crippen molar-refractivity contribution < 1.29 is 0 Å². The van der Waals surface area contributed by atoms with E-state index in [1.54, 1.807) is 0 Å². The predicted octanol–water partition coefficient (Wildman–Crippen LogP) is 3.89. The van der Waals surface area contributed by atoms with Crippen LogP contribution in [0, 0.1) is 6.92 Å². The van der Waals surface area contributed by atoms with Crippen LogP contribution in [-0.2, 0) is 13.1 Å². The number of aromatic nitrogens is 2. The summed E-state index contributed by atoms with van der Waals surface area (Å²) < 4.78 is 1.35. The molecule has 1 aromatic carbocycles. The van der Waals surface area contributed by atoms with Gasteiger partial charge >= 0.3 is 0 Å². The summed E-state index contributed by atoms with van der Waals surface area (Å²) in [4.78, 5) is 11.6. The number of aryl methyl sites for hydroxylation is 1. The third-order valence-corrected chi connectivity index (χ3v) is 5.48. The van der Waals surface area contributed by atoms with Gasteiger partial charge in [-0.1, -0.05) is 18.2 Å². The number of anilines is 1. The van der Waals surface area contributed by atoms with E-state index in [2.05, 4.69) is 57.8 Å². The highest BCUT2D eigenvalue weighted by Gasteiger charge is 2.15. The Hall–Kier alpha value is -1.98. The van der Waals surface area contributed by atoms with E-state index >= 15 is 0 Å². The fourth-order valence-corrected chi connectivity index (χ4v) is 4.22. The first-order chi connectivity index (χ1) is 11.8. The number of hydrogen-bond donors (Lipinski definition) is 1. The molecule has 5 heteroatoms. The lowest BCUT2D eigenvalue weighted by Crippen LogP contribution is -2.22. The van der Waals surface area contributed by atoms with Crippen molar-refractivity contribution in [3.8, 4) is 0 Å². The van der Waals surface area contributed by atoms with Crippen LogP contribution in [0.25, 0.3) is 10.1 Å². The van der Waals surface area contributed by atoms with Gasteiger partial charge in [0.25, 0.3) is 0 Å². The van der Waals surface area contributed by atoms with Gasteiger partial charge in [-0.2, -0.15) is 0 Å². The van der Waals surface area contributed by atoms with Gasteiger partial charge in [-0.3, -0.25) is 0 Å². The molecule has 1 saturated heterocycles. The number of fused-ring (bicyclic) bond motifs is 1. The highest BCUT2D eigenvalue weighted by atomic mass is 32.1. The number of rotatable bonds is 5. The van der Waals surface area contributed by atoms with Gasteiger partial charge in [0, 0.05) is 36.6 Å². The van der Waals surface area contributed by atoms with Crippen LogP contribution in [0.1, 0.15) is 29.8 Å². The predicted molar refractivity (Wildman–Crippen MR) is 101 cm³/mol. The van der Waals surface area contributed by atoms with E-state index in [-0.39, 0.29) is 0 Å². The molecule has 1 aliphatic rings. The molecule has 1 N–H and O–H groups in total. The summed E-state index contributed by atoms with van der Waals surface area (Å²) in [5.74, 6) is 0.894. The van der Waals surface area contributed by atoms with Crippen molar-refractivity contribution in [1.29, 1.82) is 0 Å². The van der Waals surface area contributed by atoms with E-state index in [4.69, 9.17) is 4.98 Å². The molecule has 0 saturated carbocycles. The first-order valence-corrected chi connectivity index (χ1v) is 9.43. The van der Waals surface area contributed by atoms with E-state index in [0.717, 1.165) is 43.5 Å². The van der Waals surface area contributed by atoms with Crippen molar-refractivity contribution in [2.75, 3.05) is 18.0 Å². The minimum atomic E-state index is 0.772. The molecular formula is C19H22N4S. The van der Waals surface area contributed by atoms with Crippen molar-refractivity contribution in [2.45, 2.75) is 32.9 Å². The zero-order chi connectivity index (χ0) is 16.4. The van der Waals surface area contributed by atoms with Crippen LogP contribution in [0.3, 0.4) is 0 Å². The third kappa shape index (κ3) is 3.28. The molecule has 4 rings (SSSR count). The number of hydrogen-bond acceptors (Lipinski definition) is 5. The lowest BCUT2D eigenvalue weighted by atomic mass is 10.2. The molecule has 1 fully saturated rings. The van der Waals surface area contributed by atoms with Crippen LogP contribution in [-0.4, -0.2) is 23.1 Å². The van der Waals surface area contributed by atoms with Crippen molar-refractivity contribution in [2.24, 2.45) is 0 Å². The fraction of sp³-hybridized carbons (Fsp3) is 0.368. The second-order valence-electron chi connectivity index (χ2n) is 6.36. The Kier molecular flexibility index (Phi) is 4.45. The highest BCUT2D eigenvalue weighted by Crippen LogP contribution is 2.25. The summed E-state index contributed by atoms with van der Waals surface area (Å²) >= 11 is 1.81. The minimum absolute atomic E-state index is 0.772. The molecule has 0 bridgehead atoms. The minimum Gasteiger partial charge on any atom is -0.341 e. The van der Waals surface area contributed by atoms with Crippen molar-refractivity contribution >= 4 is 27.4 Å². The SMILES string of the molecule is Cc1cc(CNCc2csc3ccccc23)nc(N2CCCC2)n1. The molecule has 0 spiro atoms. The van der Waals surface area contributed by atoms with Gasteiger partial charge in [-0.15, -0.1) is 11.3 Å². The quantitative estimate of drug-likeness (QED) is 0.766. The van der Waals surface area contributed by atoms with Gasteiger partial charge in [0.15, 0.2) is 0 Å². The van der Waals surface area contributed by atoms with Crippen LogP contribution in [0.15, 0.2) is 35.7 Å². The van der Waals surface area contributed by atoms with Crippen LogP contribution >= 0.6 is 11.3 Å². The van der Waals surface area contributed by atoms with E-state index in [0.29, 0.717) is 0 Å². The zero-order valence-corrected chi connectivity index (χ0v) is 14.8. The van der Waals surface area contributed by atoms with E-state index in [1.807, 2.05) is 11.3 Å². The fourth-order valence-electron chi connectivity index (χ4n) is 3.26. The molecule has 124 valence electrons. The first-order valence-electron chi connectivity index (χ1n) is 8.55. The molecule has 0 aliphatic carbocycles. The largest absolute Gasteiger partial charge is 0.341 e. The van der Waals surface area contributed by atoms with E-state index in [1.165, 1.54) is 28.5 Å². The highest BCUT2D eigenvalue weighted by molar-refractivity contribution is 7.17. The smallest absolute Gasteiger partial charge is 0.225 e. The molecule has 4 nitrogen and oxygen atoms in total.